The normalized spacial score (nSPS) is 17.4. The number of nitrogens with one attached hydrogen (secondary N) is 1. The predicted molar refractivity (Wildman–Crippen MR) is 74.1 cm³/mol. The van der Waals surface area contributed by atoms with Crippen molar-refractivity contribution < 1.29 is 4.92 Å². The standard InChI is InChI=1S/C13H20N4O2/c1-9-6-12(17(18)19)13(15-8-9)16-11(7-14)10-4-2-3-5-10/h6,8,10-11H,2-5,7,14H2,1H3,(H,15,16). The minimum atomic E-state index is -0.398. The number of rotatable bonds is 5. The molecule has 1 saturated carbocycles. The van der Waals surface area contributed by atoms with Gasteiger partial charge in [0.05, 0.1) is 4.92 Å². The van der Waals surface area contributed by atoms with Crippen molar-refractivity contribution in [3.8, 4) is 0 Å². The third kappa shape index (κ3) is 3.20. The Labute approximate surface area is 112 Å². The summed E-state index contributed by atoms with van der Waals surface area (Å²) in [5.74, 6) is 0.825. The van der Waals surface area contributed by atoms with Crippen molar-refractivity contribution in [1.82, 2.24) is 4.98 Å². The number of aryl methyl sites for hydroxylation is 1. The second kappa shape index (κ2) is 5.97. The van der Waals surface area contributed by atoms with Gasteiger partial charge in [-0.05, 0) is 31.2 Å². The van der Waals surface area contributed by atoms with Crippen LogP contribution in [0.4, 0.5) is 11.5 Å². The summed E-state index contributed by atoms with van der Waals surface area (Å²) in [6.07, 6.45) is 6.33. The minimum Gasteiger partial charge on any atom is -0.360 e. The molecule has 0 bridgehead atoms. The van der Waals surface area contributed by atoms with E-state index in [0.29, 0.717) is 18.3 Å². The van der Waals surface area contributed by atoms with Gasteiger partial charge in [-0.3, -0.25) is 10.1 Å². The van der Waals surface area contributed by atoms with Crippen LogP contribution in [-0.2, 0) is 0 Å². The predicted octanol–water partition coefficient (Wildman–Crippen LogP) is 2.23. The summed E-state index contributed by atoms with van der Waals surface area (Å²) < 4.78 is 0. The Balaban J connectivity index is 2.18. The molecular weight excluding hydrogens is 244 g/mol. The average Bonchev–Trinajstić information content (AvgIpc) is 2.90. The van der Waals surface area contributed by atoms with Crippen LogP contribution in [0, 0.1) is 23.0 Å². The maximum atomic E-state index is 11.1. The Kier molecular flexibility index (Phi) is 4.31. The Morgan fingerprint density at radius 1 is 1.58 bits per heavy atom. The van der Waals surface area contributed by atoms with Crippen molar-refractivity contribution in [3.63, 3.8) is 0 Å². The van der Waals surface area contributed by atoms with E-state index in [1.807, 2.05) is 0 Å². The first-order valence-corrected chi connectivity index (χ1v) is 6.69. The lowest BCUT2D eigenvalue weighted by atomic mass is 9.98. The van der Waals surface area contributed by atoms with E-state index in [2.05, 4.69) is 10.3 Å². The molecule has 0 aromatic carbocycles. The first-order valence-electron chi connectivity index (χ1n) is 6.69. The van der Waals surface area contributed by atoms with Crippen molar-refractivity contribution in [1.29, 1.82) is 0 Å². The molecule has 1 fully saturated rings. The van der Waals surface area contributed by atoms with Crippen molar-refractivity contribution in [2.75, 3.05) is 11.9 Å². The van der Waals surface area contributed by atoms with Gasteiger partial charge in [0.25, 0.3) is 0 Å². The first-order chi connectivity index (χ1) is 9.11. The zero-order valence-corrected chi connectivity index (χ0v) is 11.1. The maximum absolute atomic E-state index is 11.1. The van der Waals surface area contributed by atoms with E-state index in [-0.39, 0.29) is 11.7 Å². The molecular formula is C13H20N4O2. The van der Waals surface area contributed by atoms with Crippen LogP contribution in [0.25, 0.3) is 0 Å². The van der Waals surface area contributed by atoms with Gasteiger partial charge < -0.3 is 11.1 Å². The van der Waals surface area contributed by atoms with E-state index in [9.17, 15) is 10.1 Å². The molecule has 6 heteroatoms. The molecule has 1 aliphatic rings. The number of pyridine rings is 1. The molecule has 0 spiro atoms. The van der Waals surface area contributed by atoms with Crippen LogP contribution in [0.15, 0.2) is 12.3 Å². The molecule has 0 radical (unpaired) electrons. The Morgan fingerprint density at radius 3 is 2.84 bits per heavy atom. The Hall–Kier alpha value is -1.69. The molecule has 6 nitrogen and oxygen atoms in total. The topological polar surface area (TPSA) is 94.1 Å². The number of anilines is 1. The number of nitrogens with zero attached hydrogens (tertiary/aromatic N) is 2. The zero-order chi connectivity index (χ0) is 13.8. The Morgan fingerprint density at radius 2 is 2.26 bits per heavy atom. The van der Waals surface area contributed by atoms with Crippen LogP contribution in [0.2, 0.25) is 0 Å². The minimum absolute atomic E-state index is 0.0245. The summed E-state index contributed by atoms with van der Waals surface area (Å²) in [5.41, 5.74) is 6.60. The van der Waals surface area contributed by atoms with Crippen LogP contribution < -0.4 is 11.1 Å². The van der Waals surface area contributed by atoms with Gasteiger partial charge in [-0.15, -0.1) is 0 Å². The van der Waals surface area contributed by atoms with Gasteiger partial charge in [-0.2, -0.15) is 0 Å². The van der Waals surface area contributed by atoms with Gasteiger partial charge >= 0.3 is 5.69 Å². The molecule has 1 heterocycles. The maximum Gasteiger partial charge on any atom is 0.311 e. The number of nitro groups is 1. The molecule has 0 saturated heterocycles. The summed E-state index contributed by atoms with van der Waals surface area (Å²) in [5, 5.41) is 14.2. The number of aromatic nitrogens is 1. The zero-order valence-electron chi connectivity index (χ0n) is 11.1. The summed E-state index contributed by atoms with van der Waals surface area (Å²) in [7, 11) is 0. The highest BCUT2D eigenvalue weighted by Crippen LogP contribution is 2.31. The lowest BCUT2D eigenvalue weighted by Gasteiger charge is -2.23. The molecule has 1 unspecified atom stereocenters. The third-order valence-electron chi connectivity index (χ3n) is 3.75. The van der Waals surface area contributed by atoms with Crippen molar-refractivity contribution in [3.05, 3.63) is 27.9 Å². The largest absolute Gasteiger partial charge is 0.360 e. The molecule has 104 valence electrons. The smallest absolute Gasteiger partial charge is 0.311 e. The molecule has 0 amide bonds. The van der Waals surface area contributed by atoms with Gasteiger partial charge in [-0.25, -0.2) is 4.98 Å². The van der Waals surface area contributed by atoms with Gasteiger partial charge in [-0.1, -0.05) is 12.8 Å². The van der Waals surface area contributed by atoms with Gasteiger partial charge in [0.1, 0.15) is 0 Å². The van der Waals surface area contributed by atoms with E-state index < -0.39 is 4.92 Å². The van der Waals surface area contributed by atoms with E-state index >= 15 is 0 Å². The summed E-state index contributed by atoms with van der Waals surface area (Å²) >= 11 is 0. The lowest BCUT2D eigenvalue weighted by molar-refractivity contribution is -0.384. The Bertz CT molecular complexity index is 458. The van der Waals surface area contributed by atoms with Gasteiger partial charge in [0, 0.05) is 24.8 Å². The van der Waals surface area contributed by atoms with Crippen LogP contribution >= 0.6 is 0 Å². The fourth-order valence-corrected chi connectivity index (χ4v) is 2.71. The monoisotopic (exact) mass is 264 g/mol. The van der Waals surface area contributed by atoms with Crippen molar-refractivity contribution >= 4 is 11.5 Å². The highest BCUT2D eigenvalue weighted by molar-refractivity contribution is 5.57. The second-order valence-corrected chi connectivity index (χ2v) is 5.17. The summed E-state index contributed by atoms with van der Waals surface area (Å²) in [6.45, 7) is 2.26. The van der Waals surface area contributed by atoms with Gasteiger partial charge in [0.2, 0.25) is 5.82 Å². The molecule has 1 aromatic heterocycles. The summed E-state index contributed by atoms with van der Waals surface area (Å²) in [4.78, 5) is 14.8. The van der Waals surface area contributed by atoms with Crippen LogP contribution in [0.3, 0.4) is 0 Å². The van der Waals surface area contributed by atoms with E-state index in [1.54, 1.807) is 13.1 Å². The summed E-state index contributed by atoms with van der Waals surface area (Å²) in [6, 6.07) is 1.61. The van der Waals surface area contributed by atoms with Crippen LogP contribution in [-0.4, -0.2) is 22.5 Å². The molecule has 2 rings (SSSR count). The molecule has 0 aliphatic heterocycles. The van der Waals surface area contributed by atoms with Crippen LogP contribution in [0.1, 0.15) is 31.2 Å². The highest BCUT2D eigenvalue weighted by Gasteiger charge is 2.26. The quantitative estimate of drug-likeness (QED) is 0.628. The second-order valence-electron chi connectivity index (χ2n) is 5.17. The number of nitrogens with two attached hydrogens (primary N) is 1. The van der Waals surface area contributed by atoms with Crippen molar-refractivity contribution in [2.24, 2.45) is 11.7 Å². The molecule has 19 heavy (non-hydrogen) atoms. The average molecular weight is 264 g/mol. The van der Waals surface area contributed by atoms with E-state index in [4.69, 9.17) is 5.73 Å². The SMILES string of the molecule is Cc1cnc(NC(CN)C2CCCC2)c([N+](=O)[O-])c1. The third-order valence-corrected chi connectivity index (χ3v) is 3.75. The van der Waals surface area contributed by atoms with E-state index in [1.165, 1.54) is 18.9 Å². The molecule has 1 aromatic rings. The first kappa shape index (κ1) is 13.7. The van der Waals surface area contributed by atoms with Crippen molar-refractivity contribution in [2.45, 2.75) is 38.6 Å². The molecule has 1 atom stereocenters. The van der Waals surface area contributed by atoms with Crippen LogP contribution in [0.5, 0.6) is 0 Å². The lowest BCUT2D eigenvalue weighted by Crippen LogP contribution is -2.35. The van der Waals surface area contributed by atoms with Gasteiger partial charge in [0.15, 0.2) is 0 Å². The molecule has 3 N–H and O–H groups in total. The fraction of sp³-hybridized carbons (Fsp3) is 0.615. The highest BCUT2D eigenvalue weighted by atomic mass is 16.6. The number of hydrogen-bond acceptors (Lipinski definition) is 5. The fourth-order valence-electron chi connectivity index (χ4n) is 2.71. The molecule has 1 aliphatic carbocycles. The van der Waals surface area contributed by atoms with E-state index in [0.717, 1.165) is 18.4 Å². The number of hydrogen-bond donors (Lipinski definition) is 2.